The van der Waals surface area contributed by atoms with E-state index in [1.165, 1.54) is 4.90 Å². The van der Waals surface area contributed by atoms with Crippen LogP contribution in [0.1, 0.15) is 33.6 Å². The smallest absolute Gasteiger partial charge is 0.323 e. The van der Waals surface area contributed by atoms with Crippen LogP contribution in [0, 0.1) is 5.92 Å². The van der Waals surface area contributed by atoms with Crippen LogP contribution in [0.5, 0.6) is 0 Å². The van der Waals surface area contributed by atoms with Crippen molar-refractivity contribution in [1.29, 1.82) is 0 Å². The molecule has 6 nitrogen and oxygen atoms in total. The van der Waals surface area contributed by atoms with Crippen molar-refractivity contribution >= 4 is 12.0 Å². The maximum Gasteiger partial charge on any atom is 0.323 e. The number of carbonyl (C=O) groups is 2. The Morgan fingerprint density at radius 1 is 1.25 bits per heavy atom. The van der Waals surface area contributed by atoms with Crippen molar-refractivity contribution in [2.45, 2.75) is 39.7 Å². The average molecular weight is 287 g/mol. The molecule has 6 heteroatoms. The molecule has 2 N–H and O–H groups in total. The monoisotopic (exact) mass is 287 g/mol. The zero-order valence-electron chi connectivity index (χ0n) is 13.3. The standard InChI is InChI=1S/C14H29N3O3/c1-6-7-17(10-13(18)19)14(20)15-12(8-11(2)3)9-16(4)5/h11-12H,6-10H2,1-5H3,(H,15,20)(H,18,19). The molecule has 0 fully saturated rings. The van der Waals surface area contributed by atoms with E-state index in [2.05, 4.69) is 19.2 Å². The second-order valence-electron chi connectivity index (χ2n) is 5.85. The van der Waals surface area contributed by atoms with Gasteiger partial charge in [-0.25, -0.2) is 4.79 Å². The van der Waals surface area contributed by atoms with E-state index in [4.69, 9.17) is 5.11 Å². The molecule has 1 unspecified atom stereocenters. The molecular weight excluding hydrogens is 258 g/mol. The average Bonchev–Trinajstić information content (AvgIpc) is 2.25. The first-order valence-electron chi connectivity index (χ1n) is 7.18. The van der Waals surface area contributed by atoms with Crippen LogP contribution in [-0.2, 0) is 4.79 Å². The Kier molecular flexibility index (Phi) is 8.96. The summed E-state index contributed by atoms with van der Waals surface area (Å²) >= 11 is 0. The van der Waals surface area contributed by atoms with Gasteiger partial charge in [0.2, 0.25) is 0 Å². The minimum atomic E-state index is -0.985. The minimum Gasteiger partial charge on any atom is -0.480 e. The molecule has 20 heavy (non-hydrogen) atoms. The third kappa shape index (κ3) is 8.74. The number of hydrogen-bond donors (Lipinski definition) is 2. The molecule has 0 saturated heterocycles. The Labute approximate surface area is 122 Å². The summed E-state index contributed by atoms with van der Waals surface area (Å²) in [7, 11) is 3.92. The lowest BCUT2D eigenvalue weighted by Crippen LogP contribution is -2.50. The lowest BCUT2D eigenvalue weighted by molar-refractivity contribution is -0.137. The van der Waals surface area contributed by atoms with Gasteiger partial charge >= 0.3 is 12.0 Å². The molecule has 2 amide bonds. The summed E-state index contributed by atoms with van der Waals surface area (Å²) in [5, 5.41) is 11.8. The summed E-state index contributed by atoms with van der Waals surface area (Å²) in [6, 6.07) is -0.257. The van der Waals surface area contributed by atoms with Gasteiger partial charge in [-0.15, -0.1) is 0 Å². The molecule has 0 aromatic heterocycles. The van der Waals surface area contributed by atoms with Gasteiger partial charge < -0.3 is 20.2 Å². The van der Waals surface area contributed by atoms with Crippen LogP contribution in [0.15, 0.2) is 0 Å². The maximum absolute atomic E-state index is 12.2. The SMILES string of the molecule is CCCN(CC(=O)O)C(=O)NC(CC(C)C)CN(C)C. The van der Waals surface area contributed by atoms with Crippen LogP contribution in [0.2, 0.25) is 0 Å². The number of carboxylic acid groups (broad SMARTS) is 1. The molecule has 0 rings (SSSR count). The predicted molar refractivity (Wildman–Crippen MR) is 79.8 cm³/mol. The minimum absolute atomic E-state index is 0.0330. The van der Waals surface area contributed by atoms with Gasteiger partial charge in [0.15, 0.2) is 0 Å². The Balaban J connectivity index is 4.62. The lowest BCUT2D eigenvalue weighted by Gasteiger charge is -2.28. The molecule has 1 atom stereocenters. The first-order valence-corrected chi connectivity index (χ1v) is 7.18. The highest BCUT2D eigenvalue weighted by molar-refractivity contribution is 5.80. The Morgan fingerprint density at radius 2 is 1.85 bits per heavy atom. The van der Waals surface area contributed by atoms with E-state index in [1.807, 2.05) is 25.9 Å². The molecule has 0 aromatic carbocycles. The molecule has 0 aliphatic carbocycles. The maximum atomic E-state index is 12.2. The van der Waals surface area contributed by atoms with Crippen LogP contribution in [-0.4, -0.2) is 66.7 Å². The van der Waals surface area contributed by atoms with Gasteiger partial charge in [0.05, 0.1) is 0 Å². The largest absolute Gasteiger partial charge is 0.480 e. The topological polar surface area (TPSA) is 72.9 Å². The molecular formula is C14H29N3O3. The molecule has 0 aromatic rings. The molecule has 0 aliphatic rings. The summed E-state index contributed by atoms with van der Waals surface area (Å²) in [4.78, 5) is 26.4. The number of nitrogens with zero attached hydrogens (tertiary/aromatic N) is 2. The molecule has 0 bridgehead atoms. The second-order valence-corrected chi connectivity index (χ2v) is 5.85. The van der Waals surface area contributed by atoms with E-state index < -0.39 is 5.97 Å². The van der Waals surface area contributed by atoms with Crippen LogP contribution in [0.3, 0.4) is 0 Å². The predicted octanol–water partition coefficient (Wildman–Crippen LogP) is 1.47. The van der Waals surface area contributed by atoms with Gasteiger partial charge in [-0.05, 0) is 32.9 Å². The van der Waals surface area contributed by atoms with Crippen molar-refractivity contribution < 1.29 is 14.7 Å². The zero-order valence-corrected chi connectivity index (χ0v) is 13.3. The van der Waals surface area contributed by atoms with Crippen molar-refractivity contribution in [3.63, 3.8) is 0 Å². The molecule has 118 valence electrons. The number of carbonyl (C=O) groups excluding carboxylic acids is 1. The van der Waals surface area contributed by atoms with E-state index in [0.717, 1.165) is 19.4 Å². The van der Waals surface area contributed by atoms with E-state index in [0.29, 0.717) is 12.5 Å². The van der Waals surface area contributed by atoms with Gasteiger partial charge in [0.1, 0.15) is 6.54 Å². The highest BCUT2D eigenvalue weighted by Crippen LogP contribution is 2.06. The number of aliphatic carboxylic acids is 1. The number of likely N-dealkylation sites (N-methyl/N-ethyl adjacent to an activating group) is 1. The van der Waals surface area contributed by atoms with Crippen LogP contribution in [0.4, 0.5) is 4.79 Å². The number of rotatable bonds is 9. The fraction of sp³-hybridized carbons (Fsp3) is 0.857. The molecule has 0 saturated carbocycles. The fourth-order valence-electron chi connectivity index (χ4n) is 2.14. The normalized spacial score (nSPS) is 12.6. The van der Waals surface area contributed by atoms with E-state index in [9.17, 15) is 9.59 Å². The third-order valence-electron chi connectivity index (χ3n) is 2.78. The van der Waals surface area contributed by atoms with Crippen LogP contribution in [0.25, 0.3) is 0 Å². The first-order chi connectivity index (χ1) is 9.26. The van der Waals surface area contributed by atoms with Crippen molar-refractivity contribution in [1.82, 2.24) is 15.1 Å². The zero-order chi connectivity index (χ0) is 15.7. The summed E-state index contributed by atoms with van der Waals surface area (Å²) in [5.74, 6) is -0.513. The van der Waals surface area contributed by atoms with Crippen molar-refractivity contribution in [2.24, 2.45) is 5.92 Å². The number of hydrogen-bond acceptors (Lipinski definition) is 3. The second kappa shape index (κ2) is 9.58. The van der Waals surface area contributed by atoms with Gasteiger partial charge in [0, 0.05) is 19.1 Å². The van der Waals surface area contributed by atoms with Gasteiger partial charge in [-0.2, -0.15) is 0 Å². The summed E-state index contributed by atoms with van der Waals surface area (Å²) in [6.07, 6.45) is 1.61. The Hall–Kier alpha value is -1.30. The summed E-state index contributed by atoms with van der Waals surface area (Å²) < 4.78 is 0. The highest BCUT2D eigenvalue weighted by Gasteiger charge is 2.20. The van der Waals surface area contributed by atoms with Crippen LogP contribution >= 0.6 is 0 Å². The van der Waals surface area contributed by atoms with Crippen molar-refractivity contribution in [2.75, 3.05) is 33.7 Å². The lowest BCUT2D eigenvalue weighted by atomic mass is 10.0. The van der Waals surface area contributed by atoms with Gasteiger partial charge in [0.25, 0.3) is 0 Å². The van der Waals surface area contributed by atoms with Crippen molar-refractivity contribution in [3.05, 3.63) is 0 Å². The van der Waals surface area contributed by atoms with Gasteiger partial charge in [-0.3, -0.25) is 4.79 Å². The van der Waals surface area contributed by atoms with Crippen LogP contribution < -0.4 is 5.32 Å². The first kappa shape index (κ1) is 18.7. The fourth-order valence-corrected chi connectivity index (χ4v) is 2.14. The molecule has 0 spiro atoms. The number of urea groups is 1. The van der Waals surface area contributed by atoms with E-state index in [-0.39, 0.29) is 18.6 Å². The molecule has 0 aliphatic heterocycles. The summed E-state index contributed by atoms with van der Waals surface area (Å²) in [6.45, 7) is 7.08. The number of nitrogens with one attached hydrogen (secondary N) is 1. The quantitative estimate of drug-likeness (QED) is 0.673. The van der Waals surface area contributed by atoms with E-state index in [1.54, 1.807) is 0 Å². The molecule has 0 radical (unpaired) electrons. The Morgan fingerprint density at radius 3 is 2.25 bits per heavy atom. The van der Waals surface area contributed by atoms with Crippen molar-refractivity contribution in [3.8, 4) is 0 Å². The Bertz CT molecular complexity index is 296. The molecule has 0 heterocycles. The van der Waals surface area contributed by atoms with E-state index >= 15 is 0 Å². The number of carboxylic acids is 1. The van der Waals surface area contributed by atoms with Gasteiger partial charge in [-0.1, -0.05) is 20.8 Å². The highest BCUT2D eigenvalue weighted by atomic mass is 16.4. The number of amides is 2. The summed E-state index contributed by atoms with van der Waals surface area (Å²) in [5.41, 5.74) is 0. The third-order valence-corrected chi connectivity index (χ3v) is 2.78.